The number of benzene rings is 1. The normalized spacial score (nSPS) is 14.8. The molecule has 0 bridgehead atoms. The van der Waals surface area contributed by atoms with Crippen LogP contribution in [-0.4, -0.2) is 43.9 Å². The van der Waals surface area contributed by atoms with Crippen molar-refractivity contribution in [3.05, 3.63) is 35.1 Å². The number of amides is 1. The summed E-state index contributed by atoms with van der Waals surface area (Å²) in [6, 6.07) is 7.72. The maximum absolute atomic E-state index is 12.7. The number of aromatic nitrogens is 3. The van der Waals surface area contributed by atoms with E-state index in [1.807, 2.05) is 34.7 Å². The van der Waals surface area contributed by atoms with Crippen molar-refractivity contribution >= 4 is 29.3 Å². The summed E-state index contributed by atoms with van der Waals surface area (Å²) in [5, 5.41) is 9.68. The van der Waals surface area contributed by atoms with E-state index < -0.39 is 0 Å². The van der Waals surface area contributed by atoms with Crippen molar-refractivity contribution in [2.75, 3.05) is 12.3 Å². The second-order valence-corrected chi connectivity index (χ2v) is 8.29. The van der Waals surface area contributed by atoms with E-state index in [0.717, 1.165) is 19.4 Å². The number of thioether (sulfide) groups is 1. The molecule has 1 amide bonds. The minimum Gasteiger partial charge on any atom is -0.484 e. The summed E-state index contributed by atoms with van der Waals surface area (Å²) < 4.78 is 7.60. The lowest BCUT2D eigenvalue weighted by Crippen LogP contribution is -2.42. The summed E-state index contributed by atoms with van der Waals surface area (Å²) in [6.07, 6.45) is 5.98. The first-order valence-electron chi connectivity index (χ1n) is 9.78. The van der Waals surface area contributed by atoms with Crippen LogP contribution in [0.4, 0.5) is 0 Å². The fourth-order valence-corrected chi connectivity index (χ4v) is 4.55. The van der Waals surface area contributed by atoms with E-state index in [2.05, 4.69) is 17.1 Å². The van der Waals surface area contributed by atoms with Gasteiger partial charge in [-0.25, -0.2) is 0 Å². The zero-order chi connectivity index (χ0) is 19.9. The molecule has 1 aliphatic rings. The third-order valence-electron chi connectivity index (χ3n) is 5.12. The van der Waals surface area contributed by atoms with Gasteiger partial charge in [0.2, 0.25) is 5.91 Å². The molecule has 0 unspecified atom stereocenters. The summed E-state index contributed by atoms with van der Waals surface area (Å²) in [4.78, 5) is 14.8. The fourth-order valence-electron chi connectivity index (χ4n) is 3.54. The number of hydrogen-bond acceptors (Lipinski definition) is 5. The minimum atomic E-state index is 0.177. The summed E-state index contributed by atoms with van der Waals surface area (Å²) >= 11 is 7.54. The van der Waals surface area contributed by atoms with Crippen LogP contribution in [0.3, 0.4) is 0 Å². The first-order chi connectivity index (χ1) is 13.6. The lowest BCUT2D eigenvalue weighted by molar-refractivity contribution is -0.131. The van der Waals surface area contributed by atoms with E-state index in [-0.39, 0.29) is 12.5 Å². The van der Waals surface area contributed by atoms with Crippen molar-refractivity contribution in [3.8, 4) is 5.75 Å². The molecule has 1 aromatic carbocycles. The molecule has 0 aliphatic heterocycles. The van der Waals surface area contributed by atoms with Crippen LogP contribution < -0.4 is 4.74 Å². The SMILES string of the molecule is CCN(C(=O)CSc1nnc(COc2ccccc2Cl)n1C)C1CCCCC1. The zero-order valence-electron chi connectivity index (χ0n) is 16.4. The summed E-state index contributed by atoms with van der Waals surface area (Å²) in [5.41, 5.74) is 0. The van der Waals surface area contributed by atoms with Crippen LogP contribution >= 0.6 is 23.4 Å². The molecule has 1 fully saturated rings. The molecular formula is C20H27ClN4O2S. The molecule has 28 heavy (non-hydrogen) atoms. The molecule has 1 aliphatic carbocycles. The number of halogens is 1. The highest BCUT2D eigenvalue weighted by molar-refractivity contribution is 7.99. The van der Waals surface area contributed by atoms with Gasteiger partial charge in [0, 0.05) is 19.6 Å². The highest BCUT2D eigenvalue weighted by Gasteiger charge is 2.24. The molecule has 0 radical (unpaired) electrons. The first-order valence-corrected chi connectivity index (χ1v) is 11.1. The quantitative estimate of drug-likeness (QED) is 0.593. The monoisotopic (exact) mass is 422 g/mol. The zero-order valence-corrected chi connectivity index (χ0v) is 18.0. The molecule has 152 valence electrons. The molecule has 6 nitrogen and oxygen atoms in total. The topological polar surface area (TPSA) is 60.3 Å². The first kappa shape index (κ1) is 21.0. The van der Waals surface area contributed by atoms with Crippen LogP contribution in [0.1, 0.15) is 44.9 Å². The van der Waals surface area contributed by atoms with Crippen LogP contribution in [-0.2, 0) is 18.4 Å². The Bertz CT molecular complexity index is 792. The second-order valence-electron chi connectivity index (χ2n) is 6.94. The van der Waals surface area contributed by atoms with Crippen LogP contribution in [0.25, 0.3) is 0 Å². The van der Waals surface area contributed by atoms with Crippen LogP contribution in [0.15, 0.2) is 29.4 Å². The van der Waals surface area contributed by atoms with Crippen LogP contribution in [0, 0.1) is 0 Å². The number of para-hydroxylation sites is 1. The van der Waals surface area contributed by atoms with Gasteiger partial charge in [0.1, 0.15) is 12.4 Å². The Kier molecular flexibility index (Phi) is 7.62. The van der Waals surface area contributed by atoms with Gasteiger partial charge in [0.05, 0.1) is 10.8 Å². The Morgan fingerprint density at radius 1 is 1.29 bits per heavy atom. The molecule has 3 rings (SSSR count). The maximum atomic E-state index is 12.7. The van der Waals surface area contributed by atoms with Crippen molar-refractivity contribution in [2.45, 2.75) is 56.8 Å². The third kappa shape index (κ3) is 5.20. The molecule has 8 heteroatoms. The Balaban J connectivity index is 1.54. The summed E-state index contributed by atoms with van der Waals surface area (Å²) in [6.45, 7) is 3.09. The highest BCUT2D eigenvalue weighted by atomic mass is 35.5. The molecule has 1 saturated carbocycles. The minimum absolute atomic E-state index is 0.177. The van der Waals surface area contributed by atoms with Crippen molar-refractivity contribution in [1.29, 1.82) is 0 Å². The van der Waals surface area contributed by atoms with E-state index in [4.69, 9.17) is 16.3 Å². The van der Waals surface area contributed by atoms with Gasteiger partial charge in [-0.2, -0.15) is 0 Å². The predicted octanol–water partition coefficient (Wildman–Crippen LogP) is 4.32. The molecular weight excluding hydrogens is 396 g/mol. The standard InChI is InChI=1S/C20H27ClN4O2S/c1-3-25(15-9-5-4-6-10-15)19(26)14-28-20-23-22-18(24(20)2)13-27-17-12-8-7-11-16(17)21/h7-8,11-12,15H,3-6,9-10,13-14H2,1-2H3. The molecule has 2 aromatic rings. The third-order valence-corrected chi connectivity index (χ3v) is 6.44. The Labute approximate surface area is 175 Å². The number of carbonyl (C=O) groups excluding carboxylic acids is 1. The molecule has 0 N–H and O–H groups in total. The van der Waals surface area contributed by atoms with E-state index in [1.54, 1.807) is 6.07 Å². The highest BCUT2D eigenvalue weighted by Crippen LogP contribution is 2.26. The van der Waals surface area contributed by atoms with Crippen LogP contribution in [0.2, 0.25) is 5.02 Å². The molecule has 1 aromatic heterocycles. The summed E-state index contributed by atoms with van der Waals surface area (Å²) in [7, 11) is 1.89. The molecule has 1 heterocycles. The average molecular weight is 423 g/mol. The van der Waals surface area contributed by atoms with E-state index >= 15 is 0 Å². The van der Waals surface area contributed by atoms with Gasteiger partial charge < -0.3 is 14.2 Å². The van der Waals surface area contributed by atoms with Gasteiger partial charge in [0.25, 0.3) is 0 Å². The maximum Gasteiger partial charge on any atom is 0.233 e. The largest absolute Gasteiger partial charge is 0.484 e. The Morgan fingerprint density at radius 3 is 2.75 bits per heavy atom. The van der Waals surface area contributed by atoms with E-state index in [1.165, 1.54) is 31.0 Å². The van der Waals surface area contributed by atoms with Crippen molar-refractivity contribution in [2.24, 2.45) is 7.05 Å². The van der Waals surface area contributed by atoms with Gasteiger partial charge in [-0.05, 0) is 31.9 Å². The average Bonchev–Trinajstić information content (AvgIpc) is 3.07. The van der Waals surface area contributed by atoms with Crippen molar-refractivity contribution < 1.29 is 9.53 Å². The molecule has 0 spiro atoms. The van der Waals surface area contributed by atoms with Gasteiger partial charge in [0.15, 0.2) is 11.0 Å². The number of carbonyl (C=O) groups is 1. The second kappa shape index (κ2) is 10.2. The number of rotatable bonds is 8. The lowest BCUT2D eigenvalue weighted by Gasteiger charge is -2.33. The number of ether oxygens (including phenoxy) is 1. The Morgan fingerprint density at radius 2 is 2.04 bits per heavy atom. The molecule has 0 saturated heterocycles. The van der Waals surface area contributed by atoms with Crippen molar-refractivity contribution in [1.82, 2.24) is 19.7 Å². The fraction of sp³-hybridized carbons (Fsp3) is 0.550. The van der Waals surface area contributed by atoms with Gasteiger partial charge in [-0.1, -0.05) is 54.8 Å². The number of nitrogens with zero attached hydrogens (tertiary/aromatic N) is 4. The molecule has 0 atom stereocenters. The van der Waals surface area contributed by atoms with Gasteiger partial charge in [-0.15, -0.1) is 10.2 Å². The smallest absolute Gasteiger partial charge is 0.233 e. The van der Waals surface area contributed by atoms with E-state index in [9.17, 15) is 4.79 Å². The van der Waals surface area contributed by atoms with Gasteiger partial charge in [-0.3, -0.25) is 4.79 Å². The lowest BCUT2D eigenvalue weighted by atomic mass is 9.94. The van der Waals surface area contributed by atoms with Gasteiger partial charge >= 0.3 is 0 Å². The Hall–Kier alpha value is -1.73. The van der Waals surface area contributed by atoms with Crippen molar-refractivity contribution in [3.63, 3.8) is 0 Å². The predicted molar refractivity (Wildman–Crippen MR) is 112 cm³/mol. The van der Waals surface area contributed by atoms with Crippen LogP contribution in [0.5, 0.6) is 5.75 Å². The summed E-state index contributed by atoms with van der Waals surface area (Å²) in [5.74, 6) is 1.86. The van der Waals surface area contributed by atoms with E-state index in [0.29, 0.717) is 33.5 Å². The number of hydrogen-bond donors (Lipinski definition) is 0.